The lowest BCUT2D eigenvalue weighted by Crippen LogP contribution is -2.45. The molecule has 1 atom stereocenters. The van der Waals surface area contributed by atoms with Crippen molar-refractivity contribution in [3.63, 3.8) is 0 Å². The number of ether oxygens (including phenoxy) is 2. The number of para-hydroxylation sites is 1. The maximum Gasteiger partial charge on any atom is 0.230 e. The van der Waals surface area contributed by atoms with Crippen molar-refractivity contribution in [2.75, 3.05) is 20.0 Å². The fourth-order valence-electron chi connectivity index (χ4n) is 3.55. The van der Waals surface area contributed by atoms with Crippen LogP contribution in [0.4, 0.5) is 0 Å². The van der Waals surface area contributed by atoms with Crippen molar-refractivity contribution >= 4 is 0 Å². The minimum Gasteiger partial charge on any atom is -0.447 e. The second-order valence-electron chi connectivity index (χ2n) is 6.67. The van der Waals surface area contributed by atoms with Gasteiger partial charge in [0.15, 0.2) is 0 Å². The Kier molecular flexibility index (Phi) is 5.04. The van der Waals surface area contributed by atoms with Crippen molar-refractivity contribution < 1.29 is 14.0 Å². The summed E-state index contributed by atoms with van der Waals surface area (Å²) in [5.41, 5.74) is 1.40. The number of nitrogens with zero attached hydrogens (tertiary/aromatic N) is 1. The molecule has 22 heavy (non-hydrogen) atoms. The van der Waals surface area contributed by atoms with Crippen molar-refractivity contribution in [2.45, 2.75) is 51.4 Å². The van der Waals surface area contributed by atoms with E-state index >= 15 is 0 Å². The van der Waals surface area contributed by atoms with Crippen LogP contribution < -0.4 is 4.74 Å². The Morgan fingerprint density at radius 1 is 1.23 bits per heavy atom. The Hall–Kier alpha value is -1.48. The molecule has 1 aliphatic heterocycles. The molecule has 1 unspecified atom stereocenters. The predicted molar refractivity (Wildman–Crippen MR) is 88.3 cm³/mol. The van der Waals surface area contributed by atoms with E-state index in [2.05, 4.69) is 37.4 Å². The highest BCUT2D eigenvalue weighted by molar-refractivity contribution is 5.36. The number of hydrogen-bond donors (Lipinski definition) is 0. The standard InChI is InChI=1S/C19H28NO2/c1-2-3-12-20(13-14-21-15-20)16-22-19-11-7-6-10-18(19)17-8-4-5-9-17/h6-7,10-11,13-14,17H,2-5,8-9,12,15-16H2,1H3/q+1. The monoisotopic (exact) mass is 302 g/mol. The van der Waals surface area contributed by atoms with Gasteiger partial charge in [-0.3, -0.25) is 0 Å². The molecule has 3 heteroatoms. The van der Waals surface area contributed by atoms with E-state index in [1.54, 1.807) is 0 Å². The molecular weight excluding hydrogens is 274 g/mol. The van der Waals surface area contributed by atoms with Crippen LogP contribution in [0.2, 0.25) is 0 Å². The maximum atomic E-state index is 6.27. The van der Waals surface area contributed by atoms with Crippen LogP contribution in [0.1, 0.15) is 56.9 Å². The van der Waals surface area contributed by atoms with E-state index < -0.39 is 0 Å². The maximum absolute atomic E-state index is 6.27. The smallest absolute Gasteiger partial charge is 0.230 e. The lowest BCUT2D eigenvalue weighted by Gasteiger charge is -2.29. The second kappa shape index (κ2) is 7.19. The van der Waals surface area contributed by atoms with Crippen LogP contribution in [0.5, 0.6) is 5.75 Å². The largest absolute Gasteiger partial charge is 0.447 e. The molecule has 0 bridgehead atoms. The average Bonchev–Trinajstić information content (AvgIpc) is 3.24. The molecule has 3 rings (SSSR count). The van der Waals surface area contributed by atoms with Gasteiger partial charge in [0.05, 0.1) is 6.54 Å². The van der Waals surface area contributed by atoms with Gasteiger partial charge in [-0.2, -0.15) is 0 Å². The fraction of sp³-hybridized carbons (Fsp3) is 0.579. The first-order valence-corrected chi connectivity index (χ1v) is 8.70. The van der Waals surface area contributed by atoms with Gasteiger partial charge >= 0.3 is 0 Å². The Morgan fingerprint density at radius 3 is 2.77 bits per heavy atom. The molecule has 0 spiro atoms. The van der Waals surface area contributed by atoms with Crippen LogP contribution in [-0.2, 0) is 4.74 Å². The average molecular weight is 302 g/mol. The van der Waals surface area contributed by atoms with Crippen LogP contribution >= 0.6 is 0 Å². The summed E-state index contributed by atoms with van der Waals surface area (Å²) < 4.78 is 12.5. The predicted octanol–water partition coefficient (Wildman–Crippen LogP) is 4.76. The lowest BCUT2D eigenvalue weighted by atomic mass is 9.97. The Balaban J connectivity index is 1.68. The topological polar surface area (TPSA) is 18.5 Å². The summed E-state index contributed by atoms with van der Waals surface area (Å²) in [6.45, 7) is 4.68. The summed E-state index contributed by atoms with van der Waals surface area (Å²) in [4.78, 5) is 0. The van der Waals surface area contributed by atoms with E-state index in [9.17, 15) is 0 Å². The third-order valence-corrected chi connectivity index (χ3v) is 4.95. The van der Waals surface area contributed by atoms with Gasteiger partial charge in [0.1, 0.15) is 18.2 Å². The Bertz CT molecular complexity index is 508. The van der Waals surface area contributed by atoms with E-state index in [1.165, 1.54) is 44.1 Å². The minimum absolute atomic E-state index is 0.667. The first-order valence-electron chi connectivity index (χ1n) is 8.70. The second-order valence-corrected chi connectivity index (χ2v) is 6.67. The molecule has 1 saturated carbocycles. The lowest BCUT2D eigenvalue weighted by molar-refractivity contribution is -0.903. The molecule has 3 nitrogen and oxygen atoms in total. The van der Waals surface area contributed by atoms with Gasteiger partial charge < -0.3 is 9.47 Å². The van der Waals surface area contributed by atoms with E-state index in [0.29, 0.717) is 19.4 Å². The van der Waals surface area contributed by atoms with Crippen molar-refractivity contribution in [3.05, 3.63) is 42.3 Å². The molecule has 1 aromatic rings. The molecular formula is C19H28NO2+. The van der Waals surface area contributed by atoms with Crippen LogP contribution in [0.3, 0.4) is 0 Å². The number of quaternary nitrogens is 1. The number of hydrogen-bond acceptors (Lipinski definition) is 2. The Morgan fingerprint density at radius 2 is 2.05 bits per heavy atom. The molecule has 120 valence electrons. The summed E-state index contributed by atoms with van der Waals surface area (Å²) in [7, 11) is 0. The van der Waals surface area contributed by atoms with Gasteiger partial charge in [0.2, 0.25) is 13.5 Å². The molecule has 1 aliphatic carbocycles. The summed E-state index contributed by atoms with van der Waals surface area (Å²) in [5.74, 6) is 1.76. The molecule has 0 N–H and O–H groups in total. The molecule has 0 saturated heterocycles. The molecule has 0 radical (unpaired) electrons. The van der Waals surface area contributed by atoms with E-state index in [4.69, 9.17) is 9.47 Å². The SMILES string of the molecule is CCCC[N+]1(COc2ccccc2C2CCCC2)C=COC1. The molecule has 1 aromatic carbocycles. The normalized spacial score (nSPS) is 24.6. The Labute approximate surface area is 134 Å². The third-order valence-electron chi connectivity index (χ3n) is 4.95. The van der Waals surface area contributed by atoms with Gasteiger partial charge in [-0.25, -0.2) is 4.48 Å². The van der Waals surface area contributed by atoms with E-state index in [1.807, 2.05) is 6.26 Å². The summed E-state index contributed by atoms with van der Waals surface area (Å²) >= 11 is 0. The zero-order valence-corrected chi connectivity index (χ0v) is 13.7. The van der Waals surface area contributed by atoms with Crippen molar-refractivity contribution in [1.82, 2.24) is 0 Å². The molecule has 0 aromatic heterocycles. The first-order chi connectivity index (χ1) is 10.8. The molecule has 1 fully saturated rings. The summed E-state index contributed by atoms with van der Waals surface area (Å²) in [5, 5.41) is 0. The molecule has 0 amide bonds. The van der Waals surface area contributed by atoms with Gasteiger partial charge in [-0.05, 0) is 36.8 Å². The highest BCUT2D eigenvalue weighted by atomic mass is 16.5. The summed E-state index contributed by atoms with van der Waals surface area (Å²) in [6.07, 6.45) is 11.7. The first kappa shape index (κ1) is 15.4. The van der Waals surface area contributed by atoms with Crippen LogP contribution in [0, 0.1) is 0 Å². The quantitative estimate of drug-likeness (QED) is 0.676. The van der Waals surface area contributed by atoms with Crippen LogP contribution in [0.15, 0.2) is 36.7 Å². The fourth-order valence-corrected chi connectivity index (χ4v) is 3.55. The highest BCUT2D eigenvalue weighted by Crippen LogP contribution is 2.38. The van der Waals surface area contributed by atoms with E-state index in [0.717, 1.165) is 16.8 Å². The number of unbranched alkanes of at least 4 members (excludes halogenated alkanes) is 1. The number of rotatable bonds is 7. The van der Waals surface area contributed by atoms with Crippen LogP contribution in [-0.4, -0.2) is 24.5 Å². The minimum atomic E-state index is 0.667. The van der Waals surface area contributed by atoms with E-state index in [-0.39, 0.29) is 0 Å². The highest BCUT2D eigenvalue weighted by Gasteiger charge is 2.30. The van der Waals surface area contributed by atoms with Gasteiger partial charge in [0.25, 0.3) is 0 Å². The zero-order valence-electron chi connectivity index (χ0n) is 13.7. The van der Waals surface area contributed by atoms with Crippen molar-refractivity contribution in [3.8, 4) is 5.75 Å². The van der Waals surface area contributed by atoms with Crippen molar-refractivity contribution in [1.29, 1.82) is 0 Å². The summed E-state index contributed by atoms with van der Waals surface area (Å²) in [6, 6.07) is 8.60. The van der Waals surface area contributed by atoms with Gasteiger partial charge in [-0.1, -0.05) is 44.4 Å². The number of benzene rings is 1. The van der Waals surface area contributed by atoms with Gasteiger partial charge in [-0.15, -0.1) is 0 Å². The zero-order chi connectivity index (χ0) is 15.3. The van der Waals surface area contributed by atoms with Crippen molar-refractivity contribution in [2.24, 2.45) is 0 Å². The molecule has 1 heterocycles. The molecule has 2 aliphatic rings. The van der Waals surface area contributed by atoms with Gasteiger partial charge in [0, 0.05) is 0 Å². The third kappa shape index (κ3) is 3.46. The van der Waals surface area contributed by atoms with Crippen LogP contribution in [0.25, 0.3) is 0 Å².